The Bertz CT molecular complexity index is 204. The highest BCUT2D eigenvalue weighted by molar-refractivity contribution is 5.48. The Morgan fingerprint density at radius 2 is 1.29 bits per heavy atom. The summed E-state index contributed by atoms with van der Waals surface area (Å²) in [5.41, 5.74) is 0. The molecule has 0 aromatic rings. The fraction of sp³-hybridized carbons (Fsp3) is 0.688. The highest BCUT2D eigenvalue weighted by atomic mass is 16.1. The van der Waals surface area contributed by atoms with E-state index < -0.39 is 0 Å². The van der Waals surface area contributed by atoms with E-state index in [0.717, 1.165) is 32.0 Å². The summed E-state index contributed by atoms with van der Waals surface area (Å²) < 4.78 is 0. The number of carbonyl (C=O) groups excluding carboxylic acids is 1. The van der Waals surface area contributed by atoms with Gasteiger partial charge in [0.05, 0.1) is 0 Å². The molecule has 0 spiro atoms. The van der Waals surface area contributed by atoms with E-state index in [1.807, 2.05) is 0 Å². The van der Waals surface area contributed by atoms with Crippen molar-refractivity contribution in [2.24, 2.45) is 0 Å². The summed E-state index contributed by atoms with van der Waals surface area (Å²) in [7, 11) is 0. The third-order valence-electron chi connectivity index (χ3n) is 2.77. The molecule has 0 atom stereocenters. The third kappa shape index (κ3) is 15.1. The lowest BCUT2D eigenvalue weighted by Crippen LogP contribution is -1.77. The molecular formula is C16H28O. The smallest absolute Gasteiger partial charge is 0.119 e. The van der Waals surface area contributed by atoms with Gasteiger partial charge in [-0.1, -0.05) is 50.5 Å². The number of hydrogen-bond donors (Lipinski definition) is 0. The van der Waals surface area contributed by atoms with Gasteiger partial charge in [-0.25, -0.2) is 0 Å². The van der Waals surface area contributed by atoms with Crippen LogP contribution in [0.3, 0.4) is 0 Å². The van der Waals surface area contributed by atoms with Gasteiger partial charge in [-0.3, -0.25) is 0 Å². The summed E-state index contributed by atoms with van der Waals surface area (Å²) in [6.45, 7) is 2.24. The van der Waals surface area contributed by atoms with Crippen molar-refractivity contribution in [1.82, 2.24) is 0 Å². The van der Waals surface area contributed by atoms with Gasteiger partial charge < -0.3 is 4.79 Å². The molecule has 0 aromatic carbocycles. The van der Waals surface area contributed by atoms with Gasteiger partial charge in [0.25, 0.3) is 0 Å². The van der Waals surface area contributed by atoms with Gasteiger partial charge in [-0.15, -0.1) is 0 Å². The molecule has 0 heterocycles. The minimum absolute atomic E-state index is 0.726. The van der Waals surface area contributed by atoms with Crippen molar-refractivity contribution in [3.8, 4) is 0 Å². The minimum Gasteiger partial charge on any atom is -0.303 e. The zero-order chi connectivity index (χ0) is 12.6. The molecule has 0 amide bonds. The number of unbranched alkanes of at least 4 members (excludes halogenated alkanes) is 7. The van der Waals surface area contributed by atoms with Crippen LogP contribution in [0.25, 0.3) is 0 Å². The van der Waals surface area contributed by atoms with Crippen LogP contribution in [0.1, 0.15) is 71.1 Å². The fourth-order valence-electron chi connectivity index (χ4n) is 1.69. The summed E-state index contributed by atoms with van der Waals surface area (Å²) in [5, 5.41) is 0. The molecule has 0 saturated heterocycles. The van der Waals surface area contributed by atoms with Crippen LogP contribution < -0.4 is 0 Å². The zero-order valence-electron chi connectivity index (χ0n) is 11.4. The van der Waals surface area contributed by atoms with Gasteiger partial charge in [0.1, 0.15) is 6.29 Å². The monoisotopic (exact) mass is 236 g/mol. The van der Waals surface area contributed by atoms with Crippen LogP contribution in [0.2, 0.25) is 0 Å². The van der Waals surface area contributed by atoms with Crippen LogP contribution in [-0.4, -0.2) is 6.29 Å². The molecular weight excluding hydrogens is 208 g/mol. The van der Waals surface area contributed by atoms with Crippen LogP contribution in [0.15, 0.2) is 24.3 Å². The molecule has 0 saturated carbocycles. The van der Waals surface area contributed by atoms with Crippen molar-refractivity contribution in [2.75, 3.05) is 0 Å². The van der Waals surface area contributed by atoms with Crippen molar-refractivity contribution in [3.05, 3.63) is 24.3 Å². The highest BCUT2D eigenvalue weighted by Crippen LogP contribution is 2.03. The van der Waals surface area contributed by atoms with Gasteiger partial charge in [0.15, 0.2) is 0 Å². The Kier molecular flexibility index (Phi) is 14.4. The second-order valence-electron chi connectivity index (χ2n) is 4.48. The van der Waals surface area contributed by atoms with Gasteiger partial charge in [-0.2, -0.15) is 0 Å². The maximum absolute atomic E-state index is 10.1. The van der Waals surface area contributed by atoms with E-state index in [9.17, 15) is 4.79 Å². The van der Waals surface area contributed by atoms with E-state index in [0.29, 0.717) is 0 Å². The Morgan fingerprint density at radius 3 is 1.88 bits per heavy atom. The molecule has 0 N–H and O–H groups in total. The number of rotatable bonds is 12. The number of carbonyl (C=O) groups is 1. The van der Waals surface area contributed by atoms with Crippen molar-refractivity contribution >= 4 is 6.29 Å². The molecule has 17 heavy (non-hydrogen) atoms. The molecule has 1 heteroatoms. The van der Waals surface area contributed by atoms with Crippen LogP contribution in [0, 0.1) is 0 Å². The number of allylic oxidation sites excluding steroid dienone is 4. The van der Waals surface area contributed by atoms with Crippen LogP contribution in [0.5, 0.6) is 0 Å². The normalized spacial score (nSPS) is 11.6. The van der Waals surface area contributed by atoms with Crippen LogP contribution in [-0.2, 0) is 4.79 Å². The maximum atomic E-state index is 10.1. The van der Waals surface area contributed by atoms with Gasteiger partial charge in [-0.05, 0) is 38.5 Å². The molecule has 0 unspecified atom stereocenters. The third-order valence-corrected chi connectivity index (χ3v) is 2.77. The van der Waals surface area contributed by atoms with Crippen LogP contribution in [0.4, 0.5) is 0 Å². The fourth-order valence-corrected chi connectivity index (χ4v) is 1.69. The first kappa shape index (κ1) is 16.1. The predicted molar refractivity (Wildman–Crippen MR) is 76.2 cm³/mol. The SMILES string of the molecule is CCCCC/C=C/C/C=C/CCCCCC=O. The molecule has 0 fully saturated rings. The average Bonchev–Trinajstić information content (AvgIpc) is 2.35. The Labute approximate surface area is 107 Å². The van der Waals surface area contributed by atoms with E-state index in [2.05, 4.69) is 31.2 Å². The van der Waals surface area contributed by atoms with E-state index in [1.165, 1.54) is 38.5 Å². The predicted octanol–water partition coefficient (Wildman–Crippen LogP) is 5.22. The molecule has 0 bridgehead atoms. The van der Waals surface area contributed by atoms with Gasteiger partial charge in [0.2, 0.25) is 0 Å². The van der Waals surface area contributed by atoms with E-state index in [4.69, 9.17) is 0 Å². The van der Waals surface area contributed by atoms with Gasteiger partial charge in [0, 0.05) is 6.42 Å². The van der Waals surface area contributed by atoms with E-state index >= 15 is 0 Å². The lowest BCUT2D eigenvalue weighted by Gasteiger charge is -1.93. The lowest BCUT2D eigenvalue weighted by atomic mass is 10.1. The second kappa shape index (κ2) is 15.1. The van der Waals surface area contributed by atoms with Crippen molar-refractivity contribution < 1.29 is 4.79 Å². The molecule has 1 nitrogen and oxygen atoms in total. The summed E-state index contributed by atoms with van der Waals surface area (Å²) in [5.74, 6) is 0. The summed E-state index contributed by atoms with van der Waals surface area (Å²) in [6, 6.07) is 0. The Morgan fingerprint density at radius 1 is 0.706 bits per heavy atom. The van der Waals surface area contributed by atoms with Gasteiger partial charge >= 0.3 is 0 Å². The summed E-state index contributed by atoms with van der Waals surface area (Å²) >= 11 is 0. The first-order valence-electron chi connectivity index (χ1n) is 7.15. The molecule has 0 aromatic heterocycles. The minimum atomic E-state index is 0.726. The Balaban J connectivity index is 3.16. The molecule has 98 valence electrons. The largest absolute Gasteiger partial charge is 0.303 e. The Hall–Kier alpha value is -0.850. The zero-order valence-corrected chi connectivity index (χ0v) is 11.4. The molecule has 0 aliphatic heterocycles. The van der Waals surface area contributed by atoms with E-state index in [1.54, 1.807) is 0 Å². The maximum Gasteiger partial charge on any atom is 0.119 e. The first-order valence-corrected chi connectivity index (χ1v) is 7.15. The quantitative estimate of drug-likeness (QED) is 0.258. The van der Waals surface area contributed by atoms with Crippen molar-refractivity contribution in [3.63, 3.8) is 0 Å². The van der Waals surface area contributed by atoms with E-state index in [-0.39, 0.29) is 0 Å². The first-order chi connectivity index (χ1) is 8.41. The molecule has 0 radical (unpaired) electrons. The molecule has 0 aliphatic carbocycles. The van der Waals surface area contributed by atoms with Crippen molar-refractivity contribution in [1.29, 1.82) is 0 Å². The average molecular weight is 236 g/mol. The summed E-state index contributed by atoms with van der Waals surface area (Å²) in [4.78, 5) is 10.1. The molecule has 0 rings (SSSR count). The summed E-state index contributed by atoms with van der Waals surface area (Å²) in [6.07, 6.45) is 21.7. The second-order valence-corrected chi connectivity index (χ2v) is 4.48. The molecule has 0 aliphatic rings. The highest BCUT2D eigenvalue weighted by Gasteiger charge is 1.86. The topological polar surface area (TPSA) is 17.1 Å². The standard InChI is InChI=1S/C16H28O/c1-2-3-4-5-6-7-8-9-10-11-12-13-14-15-16-17/h6-7,9-10,16H,2-5,8,11-15H2,1H3/b7-6+,10-9+. The number of aldehydes is 1. The van der Waals surface area contributed by atoms with Crippen molar-refractivity contribution in [2.45, 2.75) is 71.1 Å². The number of hydrogen-bond acceptors (Lipinski definition) is 1. The lowest BCUT2D eigenvalue weighted by molar-refractivity contribution is -0.107. The van der Waals surface area contributed by atoms with Crippen LogP contribution >= 0.6 is 0 Å².